The number of benzene rings is 2. The molecule has 2 aromatic rings. The van der Waals surface area contributed by atoms with Crippen LogP contribution < -0.4 is 0 Å². The summed E-state index contributed by atoms with van der Waals surface area (Å²) in [7, 11) is 0. The van der Waals surface area contributed by atoms with Gasteiger partial charge in [-0.05, 0) is 85.5 Å². The van der Waals surface area contributed by atoms with Crippen LogP contribution in [0.2, 0.25) is 0 Å². The molecular weight excluding hydrogens is 378 g/mol. The molecule has 0 saturated heterocycles. The molecule has 0 aromatic heterocycles. The summed E-state index contributed by atoms with van der Waals surface area (Å²) in [6.07, 6.45) is 11.0. The van der Waals surface area contributed by atoms with Crippen LogP contribution >= 0.6 is 0 Å². The van der Waals surface area contributed by atoms with E-state index in [9.17, 15) is 10.1 Å². The second-order valence-electron chi connectivity index (χ2n) is 9.80. The number of nitrogens with zero attached hydrogens (tertiary/aromatic N) is 1. The van der Waals surface area contributed by atoms with Gasteiger partial charge >= 0.3 is 0 Å². The summed E-state index contributed by atoms with van der Waals surface area (Å²) in [5.41, 5.74) is 5.10. The van der Waals surface area contributed by atoms with Crippen molar-refractivity contribution >= 4 is 5.78 Å². The first-order valence-electron chi connectivity index (χ1n) is 12.3. The average molecular weight is 414 g/mol. The molecule has 0 heterocycles. The minimum absolute atomic E-state index is 0.272. The number of hydrogen-bond donors (Lipinski definition) is 0. The monoisotopic (exact) mass is 413 g/mol. The number of Topliss-reactive ketones (excluding diaryl/α,β-unsaturated/α-hetero) is 1. The third-order valence-electron chi connectivity index (χ3n) is 7.85. The van der Waals surface area contributed by atoms with E-state index in [1.54, 1.807) is 0 Å². The summed E-state index contributed by atoms with van der Waals surface area (Å²) < 4.78 is 0. The van der Waals surface area contributed by atoms with E-state index in [4.69, 9.17) is 0 Å². The zero-order valence-corrected chi connectivity index (χ0v) is 18.9. The molecule has 4 rings (SSSR count). The fourth-order valence-corrected chi connectivity index (χ4v) is 5.77. The summed E-state index contributed by atoms with van der Waals surface area (Å²) in [5.74, 6) is 1.18. The highest BCUT2D eigenvalue weighted by Crippen LogP contribution is 2.50. The molecule has 1 atom stereocenters. The summed E-state index contributed by atoms with van der Waals surface area (Å²) in [6.45, 7) is 2.24. The molecule has 31 heavy (non-hydrogen) atoms. The summed E-state index contributed by atoms with van der Waals surface area (Å²) >= 11 is 0. The van der Waals surface area contributed by atoms with Gasteiger partial charge in [0.05, 0.1) is 11.5 Å². The average Bonchev–Trinajstić information content (AvgIpc) is 2.83. The number of hydrogen-bond acceptors (Lipinski definition) is 2. The van der Waals surface area contributed by atoms with Gasteiger partial charge in [0.15, 0.2) is 0 Å². The van der Waals surface area contributed by atoms with Crippen molar-refractivity contribution in [3.63, 3.8) is 0 Å². The zero-order chi connectivity index (χ0) is 21.7. The Morgan fingerprint density at radius 1 is 0.968 bits per heavy atom. The fourth-order valence-electron chi connectivity index (χ4n) is 5.77. The lowest BCUT2D eigenvalue weighted by molar-refractivity contribution is -0.123. The summed E-state index contributed by atoms with van der Waals surface area (Å²) in [6, 6.07) is 20.8. The Morgan fingerprint density at radius 2 is 1.61 bits per heavy atom. The van der Waals surface area contributed by atoms with Crippen LogP contribution in [-0.2, 0) is 11.2 Å². The first-order valence-corrected chi connectivity index (χ1v) is 12.3. The minimum atomic E-state index is -0.272. The molecule has 2 aliphatic rings. The minimum Gasteiger partial charge on any atom is -0.300 e. The first-order chi connectivity index (χ1) is 15.1. The van der Waals surface area contributed by atoms with Gasteiger partial charge in [0.25, 0.3) is 0 Å². The number of rotatable bonds is 6. The van der Waals surface area contributed by atoms with Gasteiger partial charge in [0.2, 0.25) is 0 Å². The Labute approximate surface area is 187 Å². The molecule has 162 valence electrons. The molecular formula is C29H35NO. The van der Waals surface area contributed by atoms with E-state index < -0.39 is 0 Å². The number of carbonyl (C=O) groups is 1. The van der Waals surface area contributed by atoms with E-state index in [-0.39, 0.29) is 11.3 Å². The van der Waals surface area contributed by atoms with Gasteiger partial charge in [0, 0.05) is 12.8 Å². The van der Waals surface area contributed by atoms with Crippen molar-refractivity contribution in [3.8, 4) is 17.2 Å². The second-order valence-corrected chi connectivity index (χ2v) is 9.80. The molecule has 0 unspecified atom stereocenters. The predicted octanol–water partition coefficient (Wildman–Crippen LogP) is 7.62. The molecule has 2 aromatic carbocycles. The van der Waals surface area contributed by atoms with Crippen molar-refractivity contribution in [1.29, 1.82) is 5.26 Å². The maximum atomic E-state index is 12.0. The molecule has 0 amide bonds. The van der Waals surface area contributed by atoms with Gasteiger partial charge in [-0.15, -0.1) is 0 Å². The third kappa shape index (κ3) is 4.93. The van der Waals surface area contributed by atoms with Crippen molar-refractivity contribution in [3.05, 3.63) is 59.7 Å². The standard InChI is InChI=1S/C29H35NO/c1-2-3-5-22-8-10-23(11-9-22)24-12-14-25(15-13-24)26-16-18-29(21-30,19-17-26)27-6-4-7-28(31)20-27/h8-15,26-27H,2-7,16-20H2,1H3/t26-,27-,29+/m1/s1. The lowest BCUT2D eigenvalue weighted by Crippen LogP contribution is -2.36. The highest BCUT2D eigenvalue weighted by atomic mass is 16.1. The molecule has 0 spiro atoms. The predicted molar refractivity (Wildman–Crippen MR) is 127 cm³/mol. The number of ketones is 1. The van der Waals surface area contributed by atoms with Gasteiger partial charge in [0.1, 0.15) is 5.78 Å². The van der Waals surface area contributed by atoms with Crippen molar-refractivity contribution in [1.82, 2.24) is 0 Å². The van der Waals surface area contributed by atoms with E-state index in [1.807, 2.05) is 0 Å². The highest BCUT2D eigenvalue weighted by molar-refractivity contribution is 5.79. The van der Waals surface area contributed by atoms with Gasteiger partial charge < -0.3 is 0 Å². The smallest absolute Gasteiger partial charge is 0.133 e. The molecule has 0 N–H and O–H groups in total. The van der Waals surface area contributed by atoms with Crippen LogP contribution in [0.1, 0.15) is 88.2 Å². The quantitative estimate of drug-likeness (QED) is 0.488. The van der Waals surface area contributed by atoms with Crippen LogP contribution in [0.3, 0.4) is 0 Å². The van der Waals surface area contributed by atoms with Gasteiger partial charge in [-0.1, -0.05) is 61.9 Å². The van der Waals surface area contributed by atoms with Crippen LogP contribution in [0, 0.1) is 22.7 Å². The Kier molecular flexibility index (Phi) is 6.91. The number of aryl methyl sites for hydroxylation is 1. The molecule has 2 saturated carbocycles. The Balaban J connectivity index is 1.39. The lowest BCUT2D eigenvalue weighted by atomic mass is 9.60. The zero-order valence-electron chi connectivity index (χ0n) is 18.9. The van der Waals surface area contributed by atoms with Crippen molar-refractivity contribution < 1.29 is 4.79 Å². The summed E-state index contributed by atoms with van der Waals surface area (Å²) in [5, 5.41) is 10.0. The second kappa shape index (κ2) is 9.82. The van der Waals surface area contributed by atoms with Crippen molar-refractivity contribution in [2.24, 2.45) is 11.3 Å². The topological polar surface area (TPSA) is 40.9 Å². The Morgan fingerprint density at radius 3 is 2.19 bits per heavy atom. The van der Waals surface area contributed by atoms with Crippen LogP contribution in [0.4, 0.5) is 0 Å². The SMILES string of the molecule is CCCCc1ccc(-c2ccc([C@H]3CC[C@@](C#N)([C@@H]4CCCC(=O)C4)CC3)cc2)cc1. The number of unbranched alkanes of at least 4 members (excludes halogenated alkanes) is 1. The maximum absolute atomic E-state index is 12.0. The molecule has 2 heteroatoms. The molecule has 2 aliphatic carbocycles. The van der Waals surface area contributed by atoms with Crippen LogP contribution in [0.25, 0.3) is 11.1 Å². The highest BCUT2D eigenvalue weighted by Gasteiger charge is 2.43. The van der Waals surface area contributed by atoms with Gasteiger partial charge in [-0.2, -0.15) is 5.26 Å². The largest absolute Gasteiger partial charge is 0.300 e. The van der Waals surface area contributed by atoms with Crippen molar-refractivity contribution in [2.75, 3.05) is 0 Å². The van der Waals surface area contributed by atoms with Crippen LogP contribution in [0.15, 0.2) is 48.5 Å². The normalized spacial score (nSPS) is 26.4. The van der Waals surface area contributed by atoms with E-state index >= 15 is 0 Å². The molecule has 0 bridgehead atoms. The fraction of sp³-hybridized carbons (Fsp3) is 0.517. The van der Waals surface area contributed by atoms with Gasteiger partial charge in [-0.25, -0.2) is 0 Å². The van der Waals surface area contributed by atoms with E-state index in [0.717, 1.165) is 44.9 Å². The van der Waals surface area contributed by atoms with Crippen LogP contribution in [-0.4, -0.2) is 5.78 Å². The number of nitriles is 1. The first kappa shape index (κ1) is 21.8. The molecule has 0 aliphatic heterocycles. The van der Waals surface area contributed by atoms with E-state index in [2.05, 4.69) is 61.5 Å². The molecule has 0 radical (unpaired) electrons. The Bertz CT molecular complexity index is 911. The van der Waals surface area contributed by atoms with Crippen LogP contribution in [0.5, 0.6) is 0 Å². The van der Waals surface area contributed by atoms with Gasteiger partial charge in [-0.3, -0.25) is 4.79 Å². The lowest BCUT2D eigenvalue weighted by Gasteiger charge is -2.42. The number of carbonyl (C=O) groups excluding carboxylic acids is 1. The summed E-state index contributed by atoms with van der Waals surface area (Å²) in [4.78, 5) is 12.0. The van der Waals surface area contributed by atoms with E-state index in [0.29, 0.717) is 24.5 Å². The van der Waals surface area contributed by atoms with Crippen molar-refractivity contribution in [2.45, 2.75) is 83.5 Å². The Hall–Kier alpha value is -2.40. The third-order valence-corrected chi connectivity index (χ3v) is 7.85. The van der Waals surface area contributed by atoms with E-state index in [1.165, 1.54) is 35.1 Å². The molecule has 2 fully saturated rings. The maximum Gasteiger partial charge on any atom is 0.133 e. The molecule has 2 nitrogen and oxygen atoms in total.